The highest BCUT2D eigenvalue weighted by molar-refractivity contribution is 6.30. The Labute approximate surface area is 115 Å². The predicted molar refractivity (Wildman–Crippen MR) is 77.9 cm³/mol. The van der Waals surface area contributed by atoms with Gasteiger partial charge in [-0.3, -0.25) is 4.90 Å². The first-order valence-electron chi connectivity index (χ1n) is 7.01. The van der Waals surface area contributed by atoms with Crippen LogP contribution in [0, 0.1) is 0 Å². The molecular weight excluding hydrogens is 244 g/mol. The molecule has 3 heteroatoms. The van der Waals surface area contributed by atoms with Crippen LogP contribution in [0.15, 0.2) is 24.3 Å². The van der Waals surface area contributed by atoms with E-state index in [2.05, 4.69) is 17.0 Å². The maximum Gasteiger partial charge on any atom is 0.0470 e. The lowest BCUT2D eigenvalue weighted by atomic mass is 10.0. The first kappa shape index (κ1) is 13.9. The van der Waals surface area contributed by atoms with Gasteiger partial charge in [0.1, 0.15) is 0 Å². The molecule has 2 rings (SSSR count). The molecular formula is C15H23ClN2. The third-order valence-corrected chi connectivity index (χ3v) is 4.06. The van der Waals surface area contributed by atoms with Crippen LogP contribution in [0.3, 0.4) is 0 Å². The van der Waals surface area contributed by atoms with Crippen LogP contribution < -0.4 is 5.73 Å². The summed E-state index contributed by atoms with van der Waals surface area (Å²) < 4.78 is 0. The molecule has 100 valence electrons. The van der Waals surface area contributed by atoms with Crippen LogP contribution in [-0.2, 0) is 0 Å². The molecule has 0 aromatic heterocycles. The normalized spacial score (nSPS) is 20.1. The van der Waals surface area contributed by atoms with E-state index in [-0.39, 0.29) is 0 Å². The molecule has 1 atom stereocenters. The molecule has 1 unspecified atom stereocenters. The van der Waals surface area contributed by atoms with E-state index in [9.17, 15) is 0 Å². The van der Waals surface area contributed by atoms with E-state index in [1.807, 2.05) is 12.1 Å². The molecule has 1 aliphatic rings. The second kappa shape index (κ2) is 7.13. The van der Waals surface area contributed by atoms with Gasteiger partial charge in [0.15, 0.2) is 0 Å². The molecule has 1 aromatic rings. The van der Waals surface area contributed by atoms with Crippen molar-refractivity contribution >= 4 is 11.6 Å². The van der Waals surface area contributed by atoms with E-state index in [0.29, 0.717) is 12.6 Å². The Bertz CT molecular complexity index is 342. The average Bonchev–Trinajstić information content (AvgIpc) is 2.34. The lowest BCUT2D eigenvalue weighted by Gasteiger charge is -2.32. The topological polar surface area (TPSA) is 29.3 Å². The third kappa shape index (κ3) is 3.71. The fraction of sp³-hybridized carbons (Fsp3) is 0.600. The van der Waals surface area contributed by atoms with E-state index in [1.54, 1.807) is 0 Å². The molecule has 18 heavy (non-hydrogen) atoms. The van der Waals surface area contributed by atoms with Gasteiger partial charge >= 0.3 is 0 Å². The van der Waals surface area contributed by atoms with Gasteiger partial charge in [-0.15, -0.1) is 0 Å². The number of benzene rings is 1. The number of rotatable bonds is 3. The SMILES string of the molecule is NCC(c1ccc(Cl)cc1)N1CCCCCCC1. The molecule has 1 heterocycles. The largest absolute Gasteiger partial charge is 0.329 e. The first-order valence-corrected chi connectivity index (χ1v) is 7.38. The van der Waals surface area contributed by atoms with Crippen molar-refractivity contribution < 1.29 is 0 Å². The quantitative estimate of drug-likeness (QED) is 0.906. The molecule has 1 fully saturated rings. The minimum atomic E-state index is 0.348. The maximum atomic E-state index is 5.99. The van der Waals surface area contributed by atoms with Gasteiger partial charge in [-0.05, 0) is 43.6 Å². The van der Waals surface area contributed by atoms with Crippen molar-refractivity contribution in [3.63, 3.8) is 0 Å². The smallest absolute Gasteiger partial charge is 0.0470 e. The zero-order chi connectivity index (χ0) is 12.8. The van der Waals surface area contributed by atoms with Crippen LogP contribution in [0.5, 0.6) is 0 Å². The van der Waals surface area contributed by atoms with Crippen LogP contribution in [0.2, 0.25) is 5.02 Å². The van der Waals surface area contributed by atoms with Gasteiger partial charge in [0.05, 0.1) is 0 Å². The zero-order valence-electron chi connectivity index (χ0n) is 10.9. The molecule has 1 saturated heterocycles. The molecule has 0 radical (unpaired) electrons. The lowest BCUT2D eigenvalue weighted by Crippen LogP contribution is -2.36. The average molecular weight is 267 g/mol. The van der Waals surface area contributed by atoms with E-state index < -0.39 is 0 Å². The summed E-state index contributed by atoms with van der Waals surface area (Å²) in [6, 6.07) is 8.49. The highest BCUT2D eigenvalue weighted by Gasteiger charge is 2.19. The second-order valence-corrected chi connectivity index (χ2v) is 5.54. The van der Waals surface area contributed by atoms with E-state index in [4.69, 9.17) is 17.3 Å². The van der Waals surface area contributed by atoms with Crippen molar-refractivity contribution in [2.75, 3.05) is 19.6 Å². The summed E-state index contributed by atoms with van der Waals surface area (Å²) in [5.74, 6) is 0. The van der Waals surface area contributed by atoms with E-state index in [1.165, 1.54) is 50.8 Å². The van der Waals surface area contributed by atoms with Crippen molar-refractivity contribution in [1.29, 1.82) is 0 Å². The number of nitrogens with two attached hydrogens (primary N) is 1. The Hall–Kier alpha value is -0.570. The van der Waals surface area contributed by atoms with Gasteiger partial charge in [0.25, 0.3) is 0 Å². The molecule has 0 amide bonds. The lowest BCUT2D eigenvalue weighted by molar-refractivity contribution is 0.183. The second-order valence-electron chi connectivity index (χ2n) is 5.11. The Kier molecular flexibility index (Phi) is 5.48. The van der Waals surface area contributed by atoms with Gasteiger partial charge < -0.3 is 5.73 Å². The summed E-state index contributed by atoms with van der Waals surface area (Å²) in [4.78, 5) is 2.54. The third-order valence-electron chi connectivity index (χ3n) is 3.81. The maximum absolute atomic E-state index is 5.99. The molecule has 2 nitrogen and oxygen atoms in total. The summed E-state index contributed by atoms with van der Waals surface area (Å²) in [6.45, 7) is 3.02. The molecule has 0 saturated carbocycles. The van der Waals surface area contributed by atoms with Crippen molar-refractivity contribution in [3.05, 3.63) is 34.9 Å². The molecule has 0 spiro atoms. The van der Waals surface area contributed by atoms with Gasteiger partial charge in [0.2, 0.25) is 0 Å². The summed E-state index contributed by atoms with van der Waals surface area (Å²) in [7, 11) is 0. The predicted octanol–water partition coefficient (Wildman–Crippen LogP) is 3.61. The van der Waals surface area contributed by atoms with Crippen molar-refractivity contribution in [1.82, 2.24) is 4.90 Å². The van der Waals surface area contributed by atoms with Crippen molar-refractivity contribution in [2.24, 2.45) is 5.73 Å². The fourth-order valence-corrected chi connectivity index (χ4v) is 2.89. The molecule has 1 aromatic carbocycles. The Morgan fingerprint density at radius 3 is 2.11 bits per heavy atom. The minimum absolute atomic E-state index is 0.348. The highest BCUT2D eigenvalue weighted by atomic mass is 35.5. The number of hydrogen-bond donors (Lipinski definition) is 1. The number of nitrogens with zero attached hydrogens (tertiary/aromatic N) is 1. The molecule has 2 N–H and O–H groups in total. The first-order chi connectivity index (χ1) is 8.81. The monoisotopic (exact) mass is 266 g/mol. The van der Waals surface area contributed by atoms with Crippen LogP contribution in [0.4, 0.5) is 0 Å². The Balaban J connectivity index is 2.08. The summed E-state index contributed by atoms with van der Waals surface area (Å²) in [6.07, 6.45) is 6.69. The Morgan fingerprint density at radius 2 is 1.56 bits per heavy atom. The van der Waals surface area contributed by atoms with Crippen molar-refractivity contribution in [2.45, 2.75) is 38.1 Å². The van der Waals surface area contributed by atoms with Crippen molar-refractivity contribution in [3.8, 4) is 0 Å². The minimum Gasteiger partial charge on any atom is -0.329 e. The van der Waals surface area contributed by atoms with Gasteiger partial charge in [-0.1, -0.05) is 43.0 Å². The number of halogens is 1. The standard InChI is InChI=1S/C15H23ClN2/c16-14-8-6-13(7-9-14)15(12-17)18-10-4-2-1-3-5-11-18/h6-9,15H,1-5,10-12,17H2. The van der Waals surface area contributed by atoms with Crippen LogP contribution in [0.1, 0.15) is 43.7 Å². The summed E-state index contributed by atoms with van der Waals surface area (Å²) in [5.41, 5.74) is 7.28. The number of hydrogen-bond acceptors (Lipinski definition) is 2. The van der Waals surface area contributed by atoms with E-state index >= 15 is 0 Å². The van der Waals surface area contributed by atoms with Gasteiger partial charge in [-0.2, -0.15) is 0 Å². The molecule has 0 bridgehead atoms. The summed E-state index contributed by atoms with van der Waals surface area (Å²) >= 11 is 5.95. The van der Waals surface area contributed by atoms with Crippen LogP contribution in [-0.4, -0.2) is 24.5 Å². The van der Waals surface area contributed by atoms with Crippen LogP contribution in [0.25, 0.3) is 0 Å². The number of likely N-dealkylation sites (tertiary alicyclic amines) is 1. The van der Waals surface area contributed by atoms with Crippen LogP contribution >= 0.6 is 11.6 Å². The van der Waals surface area contributed by atoms with E-state index in [0.717, 1.165) is 5.02 Å². The Morgan fingerprint density at radius 1 is 1.00 bits per heavy atom. The van der Waals surface area contributed by atoms with Gasteiger partial charge in [-0.25, -0.2) is 0 Å². The molecule has 0 aliphatic carbocycles. The highest BCUT2D eigenvalue weighted by Crippen LogP contribution is 2.24. The molecule has 1 aliphatic heterocycles. The van der Waals surface area contributed by atoms with Gasteiger partial charge in [0, 0.05) is 17.6 Å². The fourth-order valence-electron chi connectivity index (χ4n) is 2.76. The summed E-state index contributed by atoms with van der Waals surface area (Å²) in [5, 5.41) is 0.794. The zero-order valence-corrected chi connectivity index (χ0v) is 11.7.